The number of hydrogen-bond acceptors (Lipinski definition) is 6. The van der Waals surface area contributed by atoms with Crippen LogP contribution in [0.1, 0.15) is 37.7 Å². The van der Waals surface area contributed by atoms with E-state index in [-0.39, 0.29) is 30.3 Å². The number of alkyl halides is 3. The summed E-state index contributed by atoms with van der Waals surface area (Å²) < 4.78 is 45.2. The molecule has 0 saturated heterocycles. The van der Waals surface area contributed by atoms with E-state index in [1.807, 2.05) is 12.1 Å². The molecule has 3 N–H and O–H groups in total. The van der Waals surface area contributed by atoms with Crippen LogP contribution in [0, 0.1) is 10.1 Å². The number of nitrogens with zero attached hydrogens (tertiary/aromatic N) is 1. The highest BCUT2D eigenvalue weighted by Gasteiger charge is 2.38. The number of nitrogens with one attached hydrogen (secondary N) is 3. The van der Waals surface area contributed by atoms with Crippen molar-refractivity contribution in [3.8, 4) is 0 Å². The summed E-state index contributed by atoms with van der Waals surface area (Å²) in [5, 5.41) is 20.6. The van der Waals surface area contributed by atoms with Crippen LogP contribution in [0.25, 0.3) is 0 Å². The summed E-state index contributed by atoms with van der Waals surface area (Å²) >= 11 is 5.84. The van der Waals surface area contributed by atoms with Gasteiger partial charge in [-0.2, -0.15) is 13.2 Å². The van der Waals surface area contributed by atoms with E-state index < -0.39 is 22.4 Å². The van der Waals surface area contributed by atoms with Crippen molar-refractivity contribution >= 4 is 34.6 Å². The number of anilines is 2. The Labute approximate surface area is 211 Å². The van der Waals surface area contributed by atoms with Gasteiger partial charge in [0.25, 0.3) is 5.69 Å². The Kier molecular flexibility index (Phi) is 9.77. The van der Waals surface area contributed by atoms with Crippen molar-refractivity contribution in [2.75, 3.05) is 30.3 Å². The highest BCUT2D eigenvalue weighted by Crippen LogP contribution is 2.38. The molecule has 1 fully saturated rings. The Morgan fingerprint density at radius 3 is 2.36 bits per heavy atom. The first kappa shape index (κ1) is 27.5. The second-order valence-corrected chi connectivity index (χ2v) is 8.99. The predicted molar refractivity (Wildman–Crippen MR) is 131 cm³/mol. The highest BCUT2D eigenvalue weighted by molar-refractivity contribution is 6.30. The third-order valence-electron chi connectivity index (χ3n) is 5.84. The second kappa shape index (κ2) is 12.8. The molecule has 36 heavy (non-hydrogen) atoms. The summed E-state index contributed by atoms with van der Waals surface area (Å²) in [6.45, 7) is 1.15. The molecule has 0 radical (unpaired) electrons. The van der Waals surface area contributed by atoms with Crippen LogP contribution >= 0.6 is 11.6 Å². The van der Waals surface area contributed by atoms with Gasteiger partial charge >= 0.3 is 6.18 Å². The number of carbonyl (C=O) groups is 1. The van der Waals surface area contributed by atoms with Crippen LogP contribution in [0.4, 0.5) is 30.2 Å². The number of benzene rings is 2. The molecule has 0 bridgehead atoms. The fourth-order valence-corrected chi connectivity index (χ4v) is 4.11. The van der Waals surface area contributed by atoms with Gasteiger partial charge in [-0.25, -0.2) is 0 Å². The Morgan fingerprint density at radius 1 is 1.06 bits per heavy atom. The van der Waals surface area contributed by atoms with Crippen LogP contribution in [-0.2, 0) is 15.7 Å². The molecular formula is C24H28ClF3N4O4. The molecule has 0 aliphatic heterocycles. The monoisotopic (exact) mass is 528 g/mol. The third kappa shape index (κ3) is 8.56. The van der Waals surface area contributed by atoms with E-state index in [2.05, 4.69) is 16.0 Å². The van der Waals surface area contributed by atoms with Crippen molar-refractivity contribution < 1.29 is 27.6 Å². The Hall–Kier alpha value is -3.05. The summed E-state index contributed by atoms with van der Waals surface area (Å²) in [5.74, 6) is -0.202. The van der Waals surface area contributed by atoms with Gasteiger partial charge in [0.05, 0.1) is 11.0 Å². The number of nitro benzene ring substituents is 1. The van der Waals surface area contributed by atoms with Crippen LogP contribution < -0.4 is 16.0 Å². The lowest BCUT2D eigenvalue weighted by molar-refractivity contribution is -0.388. The van der Waals surface area contributed by atoms with Crippen molar-refractivity contribution in [1.29, 1.82) is 0 Å². The summed E-state index contributed by atoms with van der Waals surface area (Å²) in [4.78, 5) is 21.9. The number of rotatable bonds is 11. The lowest BCUT2D eigenvalue weighted by Gasteiger charge is -2.29. The lowest BCUT2D eigenvalue weighted by atomic mass is 9.92. The van der Waals surface area contributed by atoms with Gasteiger partial charge in [0.15, 0.2) is 0 Å². The fraction of sp³-hybridized carbons (Fsp3) is 0.458. The molecule has 0 atom stereocenters. The maximum absolute atomic E-state index is 13.2. The van der Waals surface area contributed by atoms with E-state index in [0.717, 1.165) is 24.2 Å². The quantitative estimate of drug-likeness (QED) is 0.198. The molecule has 2 aromatic carbocycles. The molecule has 0 spiro atoms. The minimum Gasteiger partial charge on any atom is -0.385 e. The summed E-state index contributed by atoms with van der Waals surface area (Å²) in [6.07, 6.45) is -1.61. The molecule has 8 nitrogen and oxygen atoms in total. The van der Waals surface area contributed by atoms with Crippen LogP contribution in [-0.4, -0.2) is 42.7 Å². The predicted octanol–water partition coefficient (Wildman–Crippen LogP) is 5.63. The smallest absolute Gasteiger partial charge is 0.385 e. The van der Waals surface area contributed by atoms with E-state index in [0.29, 0.717) is 43.8 Å². The van der Waals surface area contributed by atoms with Crippen LogP contribution in [0.3, 0.4) is 0 Å². The number of ether oxygens (including phenoxy) is 1. The van der Waals surface area contributed by atoms with Gasteiger partial charge in [-0.1, -0.05) is 11.6 Å². The van der Waals surface area contributed by atoms with E-state index in [1.54, 1.807) is 12.1 Å². The van der Waals surface area contributed by atoms with E-state index in [1.165, 1.54) is 6.07 Å². The molecule has 1 aliphatic rings. The first-order valence-corrected chi connectivity index (χ1v) is 12.0. The minimum absolute atomic E-state index is 0.0509. The van der Waals surface area contributed by atoms with Crippen LogP contribution in [0.15, 0.2) is 42.5 Å². The number of nitro groups is 1. The van der Waals surface area contributed by atoms with Gasteiger partial charge in [0.2, 0.25) is 5.91 Å². The largest absolute Gasteiger partial charge is 0.423 e. The van der Waals surface area contributed by atoms with Gasteiger partial charge in [-0.05, 0) is 68.5 Å². The standard InChI is InChI=1S/C24H28ClF3N4O4/c25-16-2-4-17(5-3-16)29-12-1-13-30-23(33)15-36-20-9-6-18(7-10-20)31-19-8-11-22(32(34)35)21(14-19)24(26,27)28/h2-5,8,11,14,18,20,29,31H,1,6-7,9-10,12-13,15H2,(H,30,33)/t18-,20-. The summed E-state index contributed by atoms with van der Waals surface area (Å²) in [6, 6.07) is 10.2. The van der Waals surface area contributed by atoms with E-state index >= 15 is 0 Å². The average Bonchev–Trinajstić information content (AvgIpc) is 2.84. The Morgan fingerprint density at radius 2 is 1.72 bits per heavy atom. The zero-order chi connectivity index (χ0) is 26.1. The van der Waals surface area contributed by atoms with Crippen molar-refractivity contribution in [3.63, 3.8) is 0 Å². The molecule has 1 saturated carbocycles. The molecule has 2 aromatic rings. The topological polar surface area (TPSA) is 106 Å². The van der Waals surface area contributed by atoms with Crippen molar-refractivity contribution in [2.45, 2.75) is 50.4 Å². The van der Waals surface area contributed by atoms with Gasteiger partial charge < -0.3 is 20.7 Å². The lowest BCUT2D eigenvalue weighted by Crippen LogP contribution is -2.34. The zero-order valence-electron chi connectivity index (χ0n) is 19.4. The normalized spacial score (nSPS) is 17.9. The van der Waals surface area contributed by atoms with E-state index in [9.17, 15) is 28.1 Å². The molecule has 3 rings (SSSR count). The molecule has 196 valence electrons. The second-order valence-electron chi connectivity index (χ2n) is 8.55. The molecular weight excluding hydrogens is 501 g/mol. The molecule has 0 heterocycles. The summed E-state index contributed by atoms with van der Waals surface area (Å²) in [5.41, 5.74) is -1.11. The molecule has 0 unspecified atom stereocenters. The molecule has 1 amide bonds. The zero-order valence-corrected chi connectivity index (χ0v) is 20.2. The first-order valence-electron chi connectivity index (χ1n) is 11.6. The summed E-state index contributed by atoms with van der Waals surface area (Å²) in [7, 11) is 0. The maximum Gasteiger partial charge on any atom is 0.423 e. The van der Waals surface area contributed by atoms with Crippen molar-refractivity contribution in [3.05, 3.63) is 63.2 Å². The molecule has 0 aromatic heterocycles. The third-order valence-corrected chi connectivity index (χ3v) is 6.09. The van der Waals surface area contributed by atoms with Crippen LogP contribution in [0.5, 0.6) is 0 Å². The number of halogens is 4. The van der Waals surface area contributed by atoms with Gasteiger partial charge in [-0.3, -0.25) is 14.9 Å². The fourth-order valence-electron chi connectivity index (χ4n) is 3.98. The van der Waals surface area contributed by atoms with Gasteiger partial charge in [0.1, 0.15) is 12.2 Å². The number of carbonyl (C=O) groups excluding carboxylic acids is 1. The number of hydrogen-bond donors (Lipinski definition) is 3. The SMILES string of the molecule is O=C(CO[C@H]1CC[C@H](Nc2ccc([N+](=O)[O-])c(C(F)(F)F)c2)CC1)NCCCNc1ccc(Cl)cc1. The van der Waals surface area contributed by atoms with Crippen molar-refractivity contribution in [2.24, 2.45) is 0 Å². The number of amides is 1. The molecule has 1 aliphatic carbocycles. The van der Waals surface area contributed by atoms with Crippen LogP contribution in [0.2, 0.25) is 5.02 Å². The minimum atomic E-state index is -4.82. The molecule has 12 heteroatoms. The first-order chi connectivity index (χ1) is 17.1. The van der Waals surface area contributed by atoms with E-state index in [4.69, 9.17) is 16.3 Å². The Bertz CT molecular complexity index is 1030. The average molecular weight is 529 g/mol. The van der Waals surface area contributed by atoms with Gasteiger partial charge in [0, 0.05) is 41.6 Å². The maximum atomic E-state index is 13.2. The highest BCUT2D eigenvalue weighted by atomic mass is 35.5. The Balaban J connectivity index is 1.32. The van der Waals surface area contributed by atoms with Crippen molar-refractivity contribution in [1.82, 2.24) is 5.32 Å². The van der Waals surface area contributed by atoms with Gasteiger partial charge in [-0.15, -0.1) is 0 Å².